The van der Waals surface area contributed by atoms with Gasteiger partial charge in [0.25, 0.3) is 0 Å². The molecule has 2 aliphatic rings. The highest BCUT2D eigenvalue weighted by Gasteiger charge is 2.40. The summed E-state index contributed by atoms with van der Waals surface area (Å²) in [6, 6.07) is 4.22. The zero-order valence-corrected chi connectivity index (χ0v) is 27.5. The van der Waals surface area contributed by atoms with Crippen LogP contribution in [0.25, 0.3) is 22.5 Å². The minimum Gasteiger partial charge on any atom is -0.467 e. The van der Waals surface area contributed by atoms with Gasteiger partial charge < -0.3 is 14.8 Å². The van der Waals surface area contributed by atoms with E-state index >= 15 is 0 Å². The van der Waals surface area contributed by atoms with E-state index in [1.165, 1.54) is 7.11 Å². The Kier molecular flexibility index (Phi) is 8.63. The number of H-pyrrole nitrogens is 1. The van der Waals surface area contributed by atoms with Gasteiger partial charge in [-0.15, -0.1) is 0 Å². The van der Waals surface area contributed by atoms with E-state index in [-0.39, 0.29) is 29.0 Å². The van der Waals surface area contributed by atoms with Crippen LogP contribution in [0, 0.1) is 12.3 Å². The summed E-state index contributed by atoms with van der Waals surface area (Å²) in [5.41, 5.74) is 5.48. The molecule has 1 amide bonds. The fourth-order valence-corrected chi connectivity index (χ4v) is 5.80. The zero-order valence-electron chi connectivity index (χ0n) is 27.5. The maximum atomic E-state index is 13.6. The SMILES string of the molecule is COc1ncc(-c2ccc(N(C(=O)OCC3(C)CC3)C3CCC(Nc4ncc(C(C)(C)C)c(-c5[nH]ncc5C)n4)CC3)nc2)cn1. The van der Waals surface area contributed by atoms with Crippen LogP contribution in [0.1, 0.15) is 77.3 Å². The number of pyridine rings is 1. The summed E-state index contributed by atoms with van der Waals surface area (Å²) in [6.07, 6.45) is 13.9. The molecule has 12 heteroatoms. The third-order valence-electron chi connectivity index (χ3n) is 9.04. The molecule has 4 aromatic rings. The molecule has 4 aromatic heterocycles. The number of rotatable bonds is 9. The van der Waals surface area contributed by atoms with Crippen molar-refractivity contribution >= 4 is 17.9 Å². The molecule has 46 heavy (non-hydrogen) atoms. The lowest BCUT2D eigenvalue weighted by Crippen LogP contribution is -2.45. The molecule has 2 fully saturated rings. The van der Waals surface area contributed by atoms with Crippen LogP contribution in [0.15, 0.2) is 43.1 Å². The van der Waals surface area contributed by atoms with Gasteiger partial charge in [-0.25, -0.2) is 29.7 Å². The molecule has 0 radical (unpaired) electrons. The van der Waals surface area contributed by atoms with Gasteiger partial charge in [-0.3, -0.25) is 10.00 Å². The molecule has 2 saturated carbocycles. The number of aryl methyl sites for hydroxylation is 1. The van der Waals surface area contributed by atoms with E-state index in [9.17, 15) is 4.79 Å². The number of methoxy groups -OCH3 is 1. The Morgan fingerprint density at radius 3 is 2.30 bits per heavy atom. The summed E-state index contributed by atoms with van der Waals surface area (Å²) in [6.45, 7) is 11.1. The lowest BCUT2D eigenvalue weighted by atomic mass is 9.86. The van der Waals surface area contributed by atoms with Gasteiger partial charge in [-0.05, 0) is 68.6 Å². The first kappa shape index (κ1) is 31.4. The predicted octanol–water partition coefficient (Wildman–Crippen LogP) is 6.50. The number of anilines is 2. The lowest BCUT2D eigenvalue weighted by Gasteiger charge is -2.36. The first-order valence-corrected chi connectivity index (χ1v) is 16.0. The van der Waals surface area contributed by atoms with E-state index < -0.39 is 0 Å². The van der Waals surface area contributed by atoms with Crippen molar-refractivity contribution in [1.29, 1.82) is 0 Å². The predicted molar refractivity (Wildman–Crippen MR) is 176 cm³/mol. The summed E-state index contributed by atoms with van der Waals surface area (Å²) < 4.78 is 10.9. The fraction of sp³-hybridized carbons (Fsp3) is 0.500. The number of hydrogen-bond acceptors (Lipinski definition) is 10. The van der Waals surface area contributed by atoms with Crippen LogP contribution in [0.2, 0.25) is 0 Å². The molecule has 6 rings (SSSR count). The van der Waals surface area contributed by atoms with Crippen LogP contribution in [0.5, 0.6) is 6.01 Å². The number of hydrogen-bond donors (Lipinski definition) is 2. The molecule has 0 saturated heterocycles. The molecule has 2 aliphatic carbocycles. The second kappa shape index (κ2) is 12.6. The molecular formula is C34H43N9O3. The summed E-state index contributed by atoms with van der Waals surface area (Å²) in [5, 5.41) is 10.9. The molecule has 0 atom stereocenters. The van der Waals surface area contributed by atoms with Crippen LogP contribution in [-0.2, 0) is 10.2 Å². The van der Waals surface area contributed by atoms with Gasteiger partial charge in [0.2, 0.25) is 5.95 Å². The Balaban J connectivity index is 1.17. The van der Waals surface area contributed by atoms with Crippen LogP contribution in [0.3, 0.4) is 0 Å². The largest absolute Gasteiger partial charge is 0.467 e. The smallest absolute Gasteiger partial charge is 0.415 e. The molecule has 0 aliphatic heterocycles. The highest BCUT2D eigenvalue weighted by atomic mass is 16.6. The Bertz CT molecular complexity index is 1650. The number of carbonyl (C=O) groups excluding carboxylic acids is 1. The molecular weight excluding hydrogens is 582 g/mol. The zero-order chi connectivity index (χ0) is 32.5. The standard InChI is InChI=1S/C34H43N9O3/c1-21-15-39-42-28(21)29-26(33(2,3)4)19-36-30(41-29)40-24-8-10-25(11-9-24)43(32(44)46-20-34(5)13-14-34)27-12-7-22(16-35-27)23-17-37-31(45-6)38-18-23/h7,12,15-19,24-25H,8-11,13-14,20H2,1-6H3,(H,39,42)(H,36,40,41). The number of ether oxygens (including phenoxy) is 2. The van der Waals surface area contributed by atoms with Crippen LogP contribution in [-0.4, -0.2) is 67.0 Å². The van der Waals surface area contributed by atoms with E-state index in [1.54, 1.807) is 23.5 Å². The van der Waals surface area contributed by atoms with Crippen molar-refractivity contribution in [2.24, 2.45) is 5.41 Å². The van der Waals surface area contributed by atoms with Crippen molar-refractivity contribution < 1.29 is 14.3 Å². The Hall–Kier alpha value is -4.61. The van der Waals surface area contributed by atoms with E-state index in [0.29, 0.717) is 24.4 Å². The number of nitrogens with zero attached hydrogens (tertiary/aromatic N) is 7. The normalized spacial score (nSPS) is 18.9. The third-order valence-corrected chi connectivity index (χ3v) is 9.04. The number of nitrogens with one attached hydrogen (secondary N) is 2. The van der Waals surface area contributed by atoms with Crippen molar-refractivity contribution in [1.82, 2.24) is 35.1 Å². The third kappa shape index (κ3) is 6.95. The van der Waals surface area contributed by atoms with Gasteiger partial charge in [-0.1, -0.05) is 27.7 Å². The minimum absolute atomic E-state index is 0.0485. The summed E-state index contributed by atoms with van der Waals surface area (Å²) in [5.74, 6) is 1.16. The van der Waals surface area contributed by atoms with Crippen LogP contribution < -0.4 is 15.0 Å². The lowest BCUT2D eigenvalue weighted by molar-refractivity contribution is 0.127. The van der Waals surface area contributed by atoms with Crippen molar-refractivity contribution in [2.75, 3.05) is 23.9 Å². The first-order chi connectivity index (χ1) is 22.0. The van der Waals surface area contributed by atoms with Gasteiger partial charge in [0.15, 0.2) is 0 Å². The quantitative estimate of drug-likeness (QED) is 0.211. The molecule has 2 N–H and O–H groups in total. The maximum absolute atomic E-state index is 13.6. The molecule has 12 nitrogen and oxygen atoms in total. The number of carbonyl (C=O) groups is 1. The van der Waals surface area contributed by atoms with E-state index in [1.807, 2.05) is 31.5 Å². The molecule has 4 heterocycles. The summed E-state index contributed by atoms with van der Waals surface area (Å²) >= 11 is 0. The number of aromatic amines is 1. The second-order valence-corrected chi connectivity index (χ2v) is 13.9. The Labute approximate surface area is 269 Å². The highest BCUT2D eigenvalue weighted by molar-refractivity contribution is 5.87. The monoisotopic (exact) mass is 625 g/mol. The van der Waals surface area contributed by atoms with E-state index in [0.717, 1.165) is 72.2 Å². The van der Waals surface area contributed by atoms with E-state index in [2.05, 4.69) is 53.2 Å². The highest BCUT2D eigenvalue weighted by Crippen LogP contribution is 2.45. The van der Waals surface area contributed by atoms with Crippen LogP contribution in [0.4, 0.5) is 16.6 Å². The molecule has 0 aromatic carbocycles. The van der Waals surface area contributed by atoms with Crippen molar-refractivity contribution in [3.63, 3.8) is 0 Å². The van der Waals surface area contributed by atoms with Crippen LogP contribution >= 0.6 is 0 Å². The summed E-state index contributed by atoms with van der Waals surface area (Å²) in [7, 11) is 1.53. The summed E-state index contributed by atoms with van der Waals surface area (Å²) in [4.78, 5) is 38.1. The topological polar surface area (TPSA) is 144 Å². The van der Waals surface area contributed by atoms with Crippen molar-refractivity contribution in [2.45, 2.75) is 90.6 Å². The van der Waals surface area contributed by atoms with Crippen molar-refractivity contribution in [3.8, 4) is 28.5 Å². The minimum atomic E-state index is -0.349. The van der Waals surface area contributed by atoms with E-state index in [4.69, 9.17) is 24.4 Å². The van der Waals surface area contributed by atoms with Gasteiger partial charge in [0.1, 0.15) is 5.82 Å². The molecule has 242 valence electrons. The Morgan fingerprint density at radius 1 is 1.00 bits per heavy atom. The maximum Gasteiger partial charge on any atom is 0.415 e. The molecule has 0 spiro atoms. The van der Waals surface area contributed by atoms with Gasteiger partial charge in [0.05, 0.1) is 31.3 Å². The number of aromatic nitrogens is 7. The van der Waals surface area contributed by atoms with Gasteiger partial charge >= 0.3 is 12.1 Å². The Morgan fingerprint density at radius 2 is 1.72 bits per heavy atom. The first-order valence-electron chi connectivity index (χ1n) is 16.0. The fourth-order valence-electron chi connectivity index (χ4n) is 5.80. The van der Waals surface area contributed by atoms with Crippen molar-refractivity contribution in [3.05, 3.63) is 54.2 Å². The molecule has 0 unspecified atom stereocenters. The van der Waals surface area contributed by atoms with Gasteiger partial charge in [0, 0.05) is 59.0 Å². The number of amides is 1. The second-order valence-electron chi connectivity index (χ2n) is 13.9. The average Bonchev–Trinajstić information content (AvgIpc) is 3.64. The van der Waals surface area contributed by atoms with Gasteiger partial charge in [-0.2, -0.15) is 5.10 Å². The molecule has 0 bridgehead atoms. The average molecular weight is 626 g/mol.